The lowest BCUT2D eigenvalue weighted by Gasteiger charge is -2.24. The molecule has 0 aromatic heterocycles. The van der Waals surface area contributed by atoms with Gasteiger partial charge in [-0.25, -0.2) is 0 Å². The number of carbonyl (C=O) groups excluding carboxylic acids is 1. The smallest absolute Gasteiger partial charge is 0.241 e. The van der Waals surface area contributed by atoms with Crippen molar-refractivity contribution in [2.75, 3.05) is 37.6 Å². The van der Waals surface area contributed by atoms with Crippen molar-refractivity contribution in [3.63, 3.8) is 0 Å². The summed E-state index contributed by atoms with van der Waals surface area (Å²) in [5.74, 6) is 0.728. The Morgan fingerprint density at radius 3 is 2.65 bits per heavy atom. The Balaban J connectivity index is 0.00000200. The van der Waals surface area contributed by atoms with Crippen molar-refractivity contribution in [2.24, 2.45) is 11.7 Å². The van der Waals surface area contributed by atoms with Gasteiger partial charge in [0.15, 0.2) is 0 Å². The van der Waals surface area contributed by atoms with Crippen molar-refractivity contribution in [2.45, 2.75) is 13.3 Å². The minimum atomic E-state index is 0. The zero-order valence-corrected chi connectivity index (χ0v) is 12.8. The van der Waals surface area contributed by atoms with Crippen LogP contribution in [0.15, 0.2) is 30.3 Å². The maximum absolute atomic E-state index is 12.4. The molecule has 1 amide bonds. The lowest BCUT2D eigenvalue weighted by Crippen LogP contribution is -2.39. The number of likely N-dealkylation sites (N-methyl/N-ethyl adjacent to an activating group) is 1. The number of hydrogen-bond acceptors (Lipinski definition) is 3. The van der Waals surface area contributed by atoms with E-state index in [-0.39, 0.29) is 18.3 Å². The van der Waals surface area contributed by atoms with Gasteiger partial charge in [0.25, 0.3) is 0 Å². The molecule has 1 heterocycles. The normalized spacial score (nSPS) is 18.6. The fourth-order valence-corrected chi connectivity index (χ4v) is 2.64. The number of benzene rings is 1. The Morgan fingerprint density at radius 1 is 1.40 bits per heavy atom. The van der Waals surface area contributed by atoms with Crippen LogP contribution in [0.5, 0.6) is 0 Å². The Bertz CT molecular complexity index is 413. The molecule has 20 heavy (non-hydrogen) atoms. The summed E-state index contributed by atoms with van der Waals surface area (Å²) in [4.78, 5) is 16.4. The molecule has 0 aliphatic carbocycles. The average molecular weight is 298 g/mol. The van der Waals surface area contributed by atoms with E-state index in [1.165, 1.54) is 0 Å². The Morgan fingerprint density at radius 2 is 2.10 bits per heavy atom. The molecule has 1 aromatic rings. The number of amides is 1. The largest absolute Gasteiger partial charge is 0.330 e. The van der Waals surface area contributed by atoms with Crippen LogP contribution in [0.3, 0.4) is 0 Å². The molecule has 0 spiro atoms. The van der Waals surface area contributed by atoms with E-state index in [1.54, 1.807) is 0 Å². The molecule has 1 aliphatic rings. The summed E-state index contributed by atoms with van der Waals surface area (Å²) in [6, 6.07) is 9.85. The van der Waals surface area contributed by atoms with E-state index in [2.05, 4.69) is 4.90 Å². The summed E-state index contributed by atoms with van der Waals surface area (Å²) >= 11 is 0. The molecule has 2 rings (SSSR count). The van der Waals surface area contributed by atoms with Crippen LogP contribution in [0, 0.1) is 5.92 Å². The van der Waals surface area contributed by atoms with Crippen molar-refractivity contribution < 1.29 is 4.79 Å². The van der Waals surface area contributed by atoms with Crippen LogP contribution in [-0.2, 0) is 4.79 Å². The van der Waals surface area contributed by atoms with Gasteiger partial charge in [-0.1, -0.05) is 18.2 Å². The minimum Gasteiger partial charge on any atom is -0.330 e. The van der Waals surface area contributed by atoms with Crippen LogP contribution in [-0.4, -0.2) is 43.5 Å². The van der Waals surface area contributed by atoms with E-state index in [0.29, 0.717) is 19.0 Å². The molecule has 1 aliphatic heterocycles. The van der Waals surface area contributed by atoms with Crippen LogP contribution < -0.4 is 10.6 Å². The highest BCUT2D eigenvalue weighted by Gasteiger charge is 2.24. The number of anilines is 1. The van der Waals surface area contributed by atoms with Crippen molar-refractivity contribution in [3.8, 4) is 0 Å². The molecular formula is C15H24ClN3O. The van der Waals surface area contributed by atoms with Crippen LogP contribution in [0.25, 0.3) is 0 Å². The van der Waals surface area contributed by atoms with E-state index in [4.69, 9.17) is 5.73 Å². The third-order valence-corrected chi connectivity index (χ3v) is 3.75. The van der Waals surface area contributed by atoms with Gasteiger partial charge in [-0.15, -0.1) is 12.4 Å². The number of halogens is 1. The highest BCUT2D eigenvalue weighted by Crippen LogP contribution is 2.17. The van der Waals surface area contributed by atoms with E-state index in [0.717, 1.165) is 31.7 Å². The highest BCUT2D eigenvalue weighted by atomic mass is 35.5. The van der Waals surface area contributed by atoms with Crippen LogP contribution in [0.1, 0.15) is 13.3 Å². The monoisotopic (exact) mass is 297 g/mol. The number of likely N-dealkylation sites (tertiary alicyclic amines) is 1. The van der Waals surface area contributed by atoms with E-state index in [9.17, 15) is 4.79 Å². The summed E-state index contributed by atoms with van der Waals surface area (Å²) < 4.78 is 0. The summed E-state index contributed by atoms with van der Waals surface area (Å²) in [7, 11) is 0. The fourth-order valence-electron chi connectivity index (χ4n) is 2.64. The predicted molar refractivity (Wildman–Crippen MR) is 85.3 cm³/mol. The molecule has 5 heteroatoms. The number of rotatable bonds is 5. The average Bonchev–Trinajstić information content (AvgIpc) is 2.88. The third-order valence-electron chi connectivity index (χ3n) is 3.75. The number of nitrogens with zero attached hydrogens (tertiary/aromatic N) is 2. The second-order valence-electron chi connectivity index (χ2n) is 5.10. The fraction of sp³-hybridized carbons (Fsp3) is 0.533. The van der Waals surface area contributed by atoms with Crippen molar-refractivity contribution in [3.05, 3.63) is 30.3 Å². The Hall–Kier alpha value is -1.10. The number of carbonyl (C=O) groups is 1. The first-order chi connectivity index (χ1) is 9.24. The first-order valence-electron chi connectivity index (χ1n) is 7.02. The number of para-hydroxylation sites is 1. The summed E-state index contributed by atoms with van der Waals surface area (Å²) in [5, 5.41) is 0. The van der Waals surface area contributed by atoms with Crippen LogP contribution >= 0.6 is 12.4 Å². The van der Waals surface area contributed by atoms with Gasteiger partial charge in [0, 0.05) is 18.8 Å². The van der Waals surface area contributed by atoms with Gasteiger partial charge < -0.3 is 10.6 Å². The minimum absolute atomic E-state index is 0. The van der Waals surface area contributed by atoms with Gasteiger partial charge in [-0.3, -0.25) is 9.69 Å². The molecule has 112 valence electrons. The maximum atomic E-state index is 12.4. The van der Waals surface area contributed by atoms with Crippen molar-refractivity contribution >= 4 is 24.0 Å². The molecule has 2 N–H and O–H groups in total. The summed E-state index contributed by atoms with van der Waals surface area (Å²) in [6.07, 6.45) is 1.11. The van der Waals surface area contributed by atoms with E-state index < -0.39 is 0 Å². The summed E-state index contributed by atoms with van der Waals surface area (Å²) in [6.45, 7) is 5.88. The molecule has 0 saturated carbocycles. The lowest BCUT2D eigenvalue weighted by molar-refractivity contribution is -0.119. The lowest BCUT2D eigenvalue weighted by atomic mass is 10.1. The first-order valence-corrected chi connectivity index (χ1v) is 7.02. The highest BCUT2D eigenvalue weighted by molar-refractivity contribution is 5.94. The molecule has 1 atom stereocenters. The van der Waals surface area contributed by atoms with Crippen molar-refractivity contribution in [1.82, 2.24) is 4.90 Å². The molecule has 1 unspecified atom stereocenters. The topological polar surface area (TPSA) is 49.6 Å². The van der Waals surface area contributed by atoms with Gasteiger partial charge in [0.05, 0.1) is 6.54 Å². The van der Waals surface area contributed by atoms with Gasteiger partial charge in [-0.2, -0.15) is 0 Å². The molecule has 0 radical (unpaired) electrons. The van der Waals surface area contributed by atoms with Gasteiger partial charge in [0.1, 0.15) is 0 Å². The Labute approximate surface area is 127 Å². The van der Waals surface area contributed by atoms with Crippen LogP contribution in [0.4, 0.5) is 5.69 Å². The third kappa shape index (κ3) is 4.20. The SMILES string of the molecule is CCN(C(=O)CN1CCC(CN)C1)c1ccccc1.Cl. The standard InChI is InChI=1S/C15H23N3O.ClH/c1-2-18(14-6-4-3-5-7-14)15(19)12-17-9-8-13(10-16)11-17;/h3-7,13H,2,8-12,16H2,1H3;1H. The van der Waals surface area contributed by atoms with E-state index >= 15 is 0 Å². The first kappa shape index (κ1) is 17.0. The quantitative estimate of drug-likeness (QED) is 0.901. The predicted octanol–water partition coefficient (Wildman–Crippen LogP) is 1.74. The molecule has 4 nitrogen and oxygen atoms in total. The molecule has 1 fully saturated rings. The molecular weight excluding hydrogens is 274 g/mol. The second-order valence-corrected chi connectivity index (χ2v) is 5.10. The molecule has 0 bridgehead atoms. The maximum Gasteiger partial charge on any atom is 0.241 e. The number of nitrogens with two attached hydrogens (primary N) is 1. The van der Waals surface area contributed by atoms with Crippen molar-refractivity contribution in [1.29, 1.82) is 0 Å². The van der Waals surface area contributed by atoms with Gasteiger partial charge in [-0.05, 0) is 44.5 Å². The zero-order chi connectivity index (χ0) is 13.7. The molecule has 1 saturated heterocycles. The van der Waals surface area contributed by atoms with Crippen LogP contribution in [0.2, 0.25) is 0 Å². The second kappa shape index (κ2) is 8.25. The Kier molecular flexibility index (Phi) is 6.99. The van der Waals surface area contributed by atoms with Gasteiger partial charge >= 0.3 is 0 Å². The van der Waals surface area contributed by atoms with Gasteiger partial charge in [0.2, 0.25) is 5.91 Å². The summed E-state index contributed by atoms with van der Waals surface area (Å²) in [5.41, 5.74) is 6.66. The van der Waals surface area contributed by atoms with E-state index in [1.807, 2.05) is 42.2 Å². The number of hydrogen-bond donors (Lipinski definition) is 1. The zero-order valence-electron chi connectivity index (χ0n) is 12.0. The molecule has 1 aromatic carbocycles.